The van der Waals surface area contributed by atoms with Gasteiger partial charge in [-0.25, -0.2) is 0 Å². The average Bonchev–Trinajstić information content (AvgIpc) is 2.22. The lowest BCUT2D eigenvalue weighted by Gasteiger charge is -2.39. The highest BCUT2D eigenvalue weighted by molar-refractivity contribution is 5.47. The molecule has 0 saturated heterocycles. The Hall–Kier alpha value is -0.980. The van der Waals surface area contributed by atoms with Gasteiger partial charge in [-0.05, 0) is 48.8 Å². The van der Waals surface area contributed by atoms with Crippen molar-refractivity contribution >= 4 is 5.69 Å². The minimum atomic E-state index is 0.708. The summed E-state index contributed by atoms with van der Waals surface area (Å²) in [5.41, 5.74) is 2.72. The van der Waals surface area contributed by atoms with Gasteiger partial charge in [0.1, 0.15) is 0 Å². The number of nitrogens with one attached hydrogen (secondary N) is 1. The predicted molar refractivity (Wildman–Crippen MR) is 70.8 cm³/mol. The lowest BCUT2D eigenvalue weighted by molar-refractivity contribution is 0.212. The summed E-state index contributed by atoms with van der Waals surface area (Å²) >= 11 is 0. The van der Waals surface area contributed by atoms with Crippen molar-refractivity contribution in [3.63, 3.8) is 0 Å². The fraction of sp³-hybridized carbons (Fsp3) is 0.600. The van der Waals surface area contributed by atoms with E-state index in [2.05, 4.69) is 50.4 Å². The minimum Gasteiger partial charge on any atom is -0.382 e. The largest absolute Gasteiger partial charge is 0.382 e. The third-order valence-electron chi connectivity index (χ3n) is 3.82. The van der Waals surface area contributed by atoms with E-state index < -0.39 is 0 Å². The first kappa shape index (κ1) is 11.5. The van der Waals surface area contributed by atoms with Gasteiger partial charge in [-0.2, -0.15) is 0 Å². The van der Waals surface area contributed by atoms with Crippen LogP contribution in [0.15, 0.2) is 24.3 Å². The molecule has 1 aromatic carbocycles. The highest BCUT2D eigenvalue weighted by atomic mass is 14.9. The molecule has 0 aromatic heterocycles. The number of benzene rings is 1. The van der Waals surface area contributed by atoms with Gasteiger partial charge in [-0.1, -0.05) is 32.9 Å². The first-order valence-electron chi connectivity index (χ1n) is 6.54. The standard InChI is InChI=1S/C15H23N/c1-4-12-6-5-7-14(8-12)16-15-9-13(10-15)11(2)3/h5-8,11,13,15-16H,4,9-10H2,1-3H3. The molecule has 0 atom stereocenters. The Morgan fingerprint density at radius 1 is 1.31 bits per heavy atom. The maximum absolute atomic E-state index is 3.64. The van der Waals surface area contributed by atoms with Crippen molar-refractivity contribution in [2.75, 3.05) is 5.32 Å². The monoisotopic (exact) mass is 217 g/mol. The molecule has 0 heterocycles. The summed E-state index contributed by atoms with van der Waals surface area (Å²) in [6, 6.07) is 9.52. The second-order valence-corrected chi connectivity index (χ2v) is 5.37. The Balaban J connectivity index is 1.86. The van der Waals surface area contributed by atoms with E-state index in [1.54, 1.807) is 0 Å². The molecule has 88 valence electrons. The molecule has 0 bridgehead atoms. The van der Waals surface area contributed by atoms with Crippen LogP contribution in [0.3, 0.4) is 0 Å². The van der Waals surface area contributed by atoms with Crippen LogP contribution < -0.4 is 5.32 Å². The SMILES string of the molecule is CCc1cccc(NC2CC(C(C)C)C2)c1. The van der Waals surface area contributed by atoms with Crippen LogP contribution in [-0.4, -0.2) is 6.04 Å². The summed E-state index contributed by atoms with van der Waals surface area (Å²) < 4.78 is 0. The number of hydrogen-bond acceptors (Lipinski definition) is 1. The molecule has 2 rings (SSSR count). The van der Waals surface area contributed by atoms with E-state index in [4.69, 9.17) is 0 Å². The zero-order valence-corrected chi connectivity index (χ0v) is 10.7. The van der Waals surface area contributed by atoms with Gasteiger partial charge in [0.05, 0.1) is 0 Å². The summed E-state index contributed by atoms with van der Waals surface area (Å²) in [5.74, 6) is 1.78. The zero-order chi connectivity index (χ0) is 11.5. The van der Waals surface area contributed by atoms with Crippen molar-refractivity contribution in [3.8, 4) is 0 Å². The normalized spacial score (nSPS) is 24.2. The van der Waals surface area contributed by atoms with E-state index in [9.17, 15) is 0 Å². The smallest absolute Gasteiger partial charge is 0.0345 e. The Bertz CT molecular complexity index is 337. The first-order valence-corrected chi connectivity index (χ1v) is 6.54. The van der Waals surface area contributed by atoms with Gasteiger partial charge in [0.15, 0.2) is 0 Å². The van der Waals surface area contributed by atoms with Crippen LogP contribution in [0.4, 0.5) is 5.69 Å². The quantitative estimate of drug-likeness (QED) is 0.800. The van der Waals surface area contributed by atoms with Crippen molar-refractivity contribution in [3.05, 3.63) is 29.8 Å². The van der Waals surface area contributed by atoms with Crippen LogP contribution in [0.2, 0.25) is 0 Å². The molecule has 1 saturated carbocycles. The molecule has 0 aliphatic heterocycles. The van der Waals surface area contributed by atoms with Crippen LogP contribution in [0, 0.1) is 11.8 Å². The Morgan fingerprint density at radius 3 is 2.69 bits per heavy atom. The Kier molecular flexibility index (Phi) is 3.52. The van der Waals surface area contributed by atoms with Gasteiger partial charge in [-0.3, -0.25) is 0 Å². The van der Waals surface area contributed by atoms with E-state index >= 15 is 0 Å². The third kappa shape index (κ3) is 2.58. The second-order valence-electron chi connectivity index (χ2n) is 5.37. The average molecular weight is 217 g/mol. The summed E-state index contributed by atoms with van der Waals surface area (Å²) in [6.07, 6.45) is 3.80. The van der Waals surface area contributed by atoms with E-state index in [1.807, 2.05) is 0 Å². The van der Waals surface area contributed by atoms with Crippen LogP contribution >= 0.6 is 0 Å². The summed E-state index contributed by atoms with van der Waals surface area (Å²) in [7, 11) is 0. The number of rotatable bonds is 4. The maximum Gasteiger partial charge on any atom is 0.0345 e. The number of hydrogen-bond donors (Lipinski definition) is 1. The van der Waals surface area contributed by atoms with Crippen LogP contribution in [0.25, 0.3) is 0 Å². The van der Waals surface area contributed by atoms with E-state index in [0.29, 0.717) is 6.04 Å². The second kappa shape index (κ2) is 4.90. The fourth-order valence-corrected chi connectivity index (χ4v) is 2.44. The van der Waals surface area contributed by atoms with Gasteiger partial charge in [0, 0.05) is 11.7 Å². The Labute approximate surface area is 99.3 Å². The minimum absolute atomic E-state index is 0.708. The Morgan fingerprint density at radius 2 is 2.06 bits per heavy atom. The van der Waals surface area contributed by atoms with Gasteiger partial charge in [0.2, 0.25) is 0 Å². The van der Waals surface area contributed by atoms with Crippen molar-refractivity contribution in [1.82, 2.24) is 0 Å². The van der Waals surface area contributed by atoms with Gasteiger partial charge in [-0.15, -0.1) is 0 Å². The molecule has 0 spiro atoms. The highest BCUT2D eigenvalue weighted by Gasteiger charge is 2.30. The van der Waals surface area contributed by atoms with Crippen molar-refractivity contribution in [2.45, 2.75) is 46.1 Å². The molecule has 0 radical (unpaired) electrons. The molecule has 1 aromatic rings. The van der Waals surface area contributed by atoms with E-state index in [-0.39, 0.29) is 0 Å². The van der Waals surface area contributed by atoms with Crippen LogP contribution in [-0.2, 0) is 6.42 Å². The zero-order valence-electron chi connectivity index (χ0n) is 10.7. The van der Waals surface area contributed by atoms with Crippen LogP contribution in [0.1, 0.15) is 39.2 Å². The maximum atomic E-state index is 3.64. The van der Waals surface area contributed by atoms with E-state index in [1.165, 1.54) is 24.1 Å². The predicted octanol–water partition coefficient (Wildman–Crippen LogP) is 4.10. The number of anilines is 1. The van der Waals surface area contributed by atoms with E-state index in [0.717, 1.165) is 18.3 Å². The molecule has 1 heteroatoms. The molecule has 1 aliphatic rings. The highest BCUT2D eigenvalue weighted by Crippen LogP contribution is 2.35. The number of aryl methyl sites for hydroxylation is 1. The third-order valence-corrected chi connectivity index (χ3v) is 3.82. The summed E-state index contributed by atoms with van der Waals surface area (Å²) in [5, 5.41) is 3.64. The molecule has 16 heavy (non-hydrogen) atoms. The summed E-state index contributed by atoms with van der Waals surface area (Å²) in [4.78, 5) is 0. The topological polar surface area (TPSA) is 12.0 Å². The first-order chi connectivity index (χ1) is 7.69. The summed E-state index contributed by atoms with van der Waals surface area (Å²) in [6.45, 7) is 6.87. The molecule has 1 aliphatic carbocycles. The van der Waals surface area contributed by atoms with Crippen molar-refractivity contribution in [2.24, 2.45) is 11.8 Å². The molecule has 1 N–H and O–H groups in total. The van der Waals surface area contributed by atoms with Crippen molar-refractivity contribution in [1.29, 1.82) is 0 Å². The molecular weight excluding hydrogens is 194 g/mol. The molecular formula is C15H23N. The molecule has 1 nitrogen and oxygen atoms in total. The lowest BCUT2D eigenvalue weighted by Crippen LogP contribution is -2.37. The molecule has 1 fully saturated rings. The lowest BCUT2D eigenvalue weighted by atomic mass is 9.73. The molecule has 0 unspecified atom stereocenters. The fourth-order valence-electron chi connectivity index (χ4n) is 2.44. The van der Waals surface area contributed by atoms with Gasteiger partial charge < -0.3 is 5.32 Å². The molecule has 0 amide bonds. The van der Waals surface area contributed by atoms with Crippen molar-refractivity contribution < 1.29 is 0 Å². The van der Waals surface area contributed by atoms with Gasteiger partial charge in [0.25, 0.3) is 0 Å². The van der Waals surface area contributed by atoms with Gasteiger partial charge >= 0.3 is 0 Å². The van der Waals surface area contributed by atoms with Crippen LogP contribution in [0.5, 0.6) is 0 Å².